The zero-order chi connectivity index (χ0) is 18.6. The fourth-order valence-electron chi connectivity index (χ4n) is 2.57. The van der Waals surface area contributed by atoms with Crippen LogP contribution in [-0.4, -0.2) is 32.8 Å². The normalized spacial score (nSPS) is 10.7. The van der Waals surface area contributed by atoms with Gasteiger partial charge in [-0.15, -0.1) is 24.0 Å². The quantitative estimate of drug-likeness (QED) is 0.322. The standard InChI is InChI=1S/C21H29N3O2.HI/c1-4-22-21(24-16-17-10-12-19(25-3)13-11-17)23-15-14-18-8-6-7-9-20(18)26-5-2;/h6-13H,4-5,14-16H2,1-3H3,(H2,22,23,24);1H. The molecule has 6 heteroatoms. The van der Waals surface area contributed by atoms with Crippen LogP contribution >= 0.6 is 24.0 Å². The molecule has 2 aromatic carbocycles. The lowest BCUT2D eigenvalue weighted by molar-refractivity contribution is 0.336. The van der Waals surface area contributed by atoms with Crippen LogP contribution in [0, 0.1) is 0 Å². The Morgan fingerprint density at radius 2 is 1.74 bits per heavy atom. The van der Waals surface area contributed by atoms with Gasteiger partial charge in [0.25, 0.3) is 0 Å². The highest BCUT2D eigenvalue weighted by Crippen LogP contribution is 2.18. The van der Waals surface area contributed by atoms with E-state index >= 15 is 0 Å². The predicted octanol–water partition coefficient (Wildman–Crippen LogP) is 4.01. The Labute approximate surface area is 179 Å². The number of hydrogen-bond acceptors (Lipinski definition) is 3. The second-order valence-electron chi connectivity index (χ2n) is 5.76. The number of para-hydroxylation sites is 1. The van der Waals surface area contributed by atoms with Gasteiger partial charge in [0, 0.05) is 13.1 Å². The van der Waals surface area contributed by atoms with Crippen molar-refractivity contribution in [2.75, 3.05) is 26.8 Å². The van der Waals surface area contributed by atoms with Gasteiger partial charge in [0.05, 0.1) is 20.3 Å². The van der Waals surface area contributed by atoms with Crippen molar-refractivity contribution in [3.63, 3.8) is 0 Å². The third-order valence-electron chi connectivity index (χ3n) is 3.88. The summed E-state index contributed by atoms with van der Waals surface area (Å²) < 4.78 is 10.9. The Morgan fingerprint density at radius 3 is 2.41 bits per heavy atom. The number of benzene rings is 2. The van der Waals surface area contributed by atoms with E-state index in [1.165, 1.54) is 5.56 Å². The molecule has 0 heterocycles. The molecule has 0 aromatic heterocycles. The number of ether oxygens (including phenoxy) is 2. The van der Waals surface area contributed by atoms with E-state index < -0.39 is 0 Å². The zero-order valence-corrected chi connectivity index (χ0v) is 18.7. The van der Waals surface area contributed by atoms with E-state index in [2.05, 4.69) is 28.6 Å². The van der Waals surface area contributed by atoms with E-state index in [9.17, 15) is 0 Å². The second kappa shape index (κ2) is 13.2. The van der Waals surface area contributed by atoms with Gasteiger partial charge in [0.2, 0.25) is 0 Å². The fraction of sp³-hybridized carbons (Fsp3) is 0.381. The largest absolute Gasteiger partial charge is 0.497 e. The summed E-state index contributed by atoms with van der Waals surface area (Å²) in [7, 11) is 1.67. The molecule has 0 unspecified atom stereocenters. The van der Waals surface area contributed by atoms with E-state index in [1.807, 2.05) is 49.4 Å². The molecule has 0 aliphatic rings. The molecular weight excluding hydrogens is 453 g/mol. The SMILES string of the molecule is CCNC(=NCc1ccc(OC)cc1)NCCc1ccccc1OCC.I. The molecule has 0 radical (unpaired) electrons. The molecule has 2 N–H and O–H groups in total. The summed E-state index contributed by atoms with van der Waals surface area (Å²) in [6, 6.07) is 16.1. The van der Waals surface area contributed by atoms with Crippen LogP contribution in [0.3, 0.4) is 0 Å². The van der Waals surface area contributed by atoms with Crippen LogP contribution in [0.25, 0.3) is 0 Å². The monoisotopic (exact) mass is 483 g/mol. The van der Waals surface area contributed by atoms with Crippen LogP contribution in [-0.2, 0) is 13.0 Å². The molecule has 0 fully saturated rings. The van der Waals surface area contributed by atoms with E-state index in [-0.39, 0.29) is 24.0 Å². The third-order valence-corrected chi connectivity index (χ3v) is 3.88. The molecule has 0 saturated heterocycles. The molecule has 0 spiro atoms. The highest BCUT2D eigenvalue weighted by molar-refractivity contribution is 14.0. The minimum absolute atomic E-state index is 0. The molecule has 5 nitrogen and oxygen atoms in total. The average Bonchev–Trinajstić information content (AvgIpc) is 2.68. The third kappa shape index (κ3) is 8.07. The molecule has 0 aliphatic heterocycles. The molecule has 0 amide bonds. The van der Waals surface area contributed by atoms with Crippen LogP contribution in [0.2, 0.25) is 0 Å². The van der Waals surface area contributed by atoms with Crippen molar-refractivity contribution in [1.29, 1.82) is 0 Å². The number of nitrogens with one attached hydrogen (secondary N) is 2. The van der Waals surface area contributed by atoms with Gasteiger partial charge in [0.1, 0.15) is 11.5 Å². The number of halogens is 1. The molecule has 2 aromatic rings. The van der Waals surface area contributed by atoms with E-state index in [0.29, 0.717) is 13.2 Å². The fourth-order valence-corrected chi connectivity index (χ4v) is 2.57. The summed E-state index contributed by atoms with van der Waals surface area (Å²) in [6.07, 6.45) is 0.878. The van der Waals surface area contributed by atoms with Crippen molar-refractivity contribution < 1.29 is 9.47 Å². The number of hydrogen-bond donors (Lipinski definition) is 2. The van der Waals surface area contributed by atoms with Gasteiger partial charge in [-0.1, -0.05) is 30.3 Å². The molecule has 148 valence electrons. The van der Waals surface area contributed by atoms with Crippen molar-refractivity contribution in [1.82, 2.24) is 10.6 Å². The summed E-state index contributed by atoms with van der Waals surface area (Å²) in [6.45, 7) is 6.98. The first kappa shape index (κ1) is 23.1. The van der Waals surface area contributed by atoms with Gasteiger partial charge in [-0.2, -0.15) is 0 Å². The molecule has 0 bridgehead atoms. The lowest BCUT2D eigenvalue weighted by Gasteiger charge is -2.13. The van der Waals surface area contributed by atoms with E-state index in [4.69, 9.17) is 9.47 Å². The van der Waals surface area contributed by atoms with Crippen molar-refractivity contribution in [2.24, 2.45) is 4.99 Å². The first-order chi connectivity index (χ1) is 12.8. The lowest BCUT2D eigenvalue weighted by Crippen LogP contribution is -2.38. The number of guanidine groups is 1. The topological polar surface area (TPSA) is 54.9 Å². The van der Waals surface area contributed by atoms with E-state index in [0.717, 1.165) is 42.5 Å². The Kier molecular flexibility index (Phi) is 11.3. The first-order valence-corrected chi connectivity index (χ1v) is 9.12. The molecule has 27 heavy (non-hydrogen) atoms. The van der Waals surface area contributed by atoms with Crippen LogP contribution in [0.1, 0.15) is 25.0 Å². The van der Waals surface area contributed by atoms with Gasteiger partial charge < -0.3 is 20.1 Å². The summed E-state index contributed by atoms with van der Waals surface area (Å²) in [5, 5.41) is 6.67. The summed E-state index contributed by atoms with van der Waals surface area (Å²) in [5.74, 6) is 2.63. The maximum atomic E-state index is 5.68. The smallest absolute Gasteiger partial charge is 0.191 e. The van der Waals surface area contributed by atoms with Gasteiger partial charge in [-0.3, -0.25) is 0 Å². The van der Waals surface area contributed by atoms with Gasteiger partial charge in [-0.25, -0.2) is 4.99 Å². The van der Waals surface area contributed by atoms with Crippen molar-refractivity contribution >= 4 is 29.9 Å². The lowest BCUT2D eigenvalue weighted by atomic mass is 10.1. The maximum absolute atomic E-state index is 5.68. The molecule has 0 saturated carbocycles. The van der Waals surface area contributed by atoms with Crippen molar-refractivity contribution in [3.05, 3.63) is 59.7 Å². The van der Waals surface area contributed by atoms with Crippen molar-refractivity contribution in [3.8, 4) is 11.5 Å². The van der Waals surface area contributed by atoms with Crippen LogP contribution < -0.4 is 20.1 Å². The van der Waals surface area contributed by atoms with Crippen LogP contribution in [0.15, 0.2) is 53.5 Å². The van der Waals surface area contributed by atoms with Crippen LogP contribution in [0.5, 0.6) is 11.5 Å². The first-order valence-electron chi connectivity index (χ1n) is 9.12. The minimum Gasteiger partial charge on any atom is -0.497 e. The highest BCUT2D eigenvalue weighted by atomic mass is 127. The van der Waals surface area contributed by atoms with Gasteiger partial charge in [-0.05, 0) is 49.6 Å². The zero-order valence-electron chi connectivity index (χ0n) is 16.3. The van der Waals surface area contributed by atoms with E-state index in [1.54, 1.807) is 7.11 Å². The number of nitrogens with zero attached hydrogens (tertiary/aromatic N) is 1. The summed E-state index contributed by atoms with van der Waals surface area (Å²) in [4.78, 5) is 4.65. The Balaban J connectivity index is 0.00000364. The van der Waals surface area contributed by atoms with Crippen molar-refractivity contribution in [2.45, 2.75) is 26.8 Å². The minimum atomic E-state index is 0. The predicted molar refractivity (Wildman–Crippen MR) is 123 cm³/mol. The Bertz CT molecular complexity index is 690. The molecule has 0 aliphatic carbocycles. The number of rotatable bonds is 9. The van der Waals surface area contributed by atoms with Gasteiger partial charge in [0.15, 0.2) is 5.96 Å². The Hall–Kier alpha value is -1.96. The Morgan fingerprint density at radius 1 is 1.00 bits per heavy atom. The number of methoxy groups -OCH3 is 1. The second-order valence-corrected chi connectivity index (χ2v) is 5.76. The molecule has 2 rings (SSSR count). The maximum Gasteiger partial charge on any atom is 0.191 e. The average molecular weight is 483 g/mol. The highest BCUT2D eigenvalue weighted by Gasteiger charge is 2.03. The molecule has 0 atom stereocenters. The van der Waals surface area contributed by atoms with Crippen LogP contribution in [0.4, 0.5) is 0 Å². The number of aliphatic imine (C=N–C) groups is 1. The molecular formula is C21H30IN3O2. The van der Waals surface area contributed by atoms with Gasteiger partial charge >= 0.3 is 0 Å². The summed E-state index contributed by atoms with van der Waals surface area (Å²) in [5.41, 5.74) is 2.34. The summed E-state index contributed by atoms with van der Waals surface area (Å²) >= 11 is 0.